The standard InChI is InChI=1S/C29H33BrN4O6S.ClH/c1-5-31-18(2)28(36)32-23-16-33(27(35)17-41(4,38)39)24-11-6-7-12-25(24)34(29(23)37)15-21-19-9-8-10-22(30)20(19)13-14-26(21)40-3;/h6-14,18,23,31H,5,15-17H2,1-4H3,(H,32,36);1H/t18-,23-;/m0./s1. The minimum atomic E-state index is -3.67. The zero-order valence-electron chi connectivity index (χ0n) is 23.7. The fraction of sp³-hybridized carbons (Fsp3) is 0.345. The Kier molecular flexibility index (Phi) is 11.0. The Morgan fingerprint density at radius 3 is 2.40 bits per heavy atom. The molecule has 1 aliphatic heterocycles. The highest BCUT2D eigenvalue weighted by Gasteiger charge is 2.38. The summed E-state index contributed by atoms with van der Waals surface area (Å²) in [5, 5.41) is 7.60. The van der Waals surface area contributed by atoms with Gasteiger partial charge in [0.1, 0.15) is 17.5 Å². The normalized spacial score (nSPS) is 15.8. The van der Waals surface area contributed by atoms with Crippen molar-refractivity contribution in [2.75, 3.05) is 42.0 Å². The van der Waals surface area contributed by atoms with Gasteiger partial charge in [0.15, 0.2) is 9.84 Å². The number of hydrogen-bond donors (Lipinski definition) is 2. The Bertz CT molecular complexity index is 1600. The van der Waals surface area contributed by atoms with Gasteiger partial charge >= 0.3 is 0 Å². The van der Waals surface area contributed by atoms with Gasteiger partial charge in [-0.1, -0.05) is 47.1 Å². The molecule has 13 heteroatoms. The van der Waals surface area contributed by atoms with Crippen molar-refractivity contribution in [1.29, 1.82) is 0 Å². The number of hydrogen-bond acceptors (Lipinski definition) is 7. The number of fused-ring (bicyclic) bond motifs is 2. The predicted molar refractivity (Wildman–Crippen MR) is 170 cm³/mol. The van der Waals surface area contributed by atoms with E-state index in [4.69, 9.17) is 4.74 Å². The number of nitrogens with zero attached hydrogens (tertiary/aromatic N) is 2. The van der Waals surface area contributed by atoms with Gasteiger partial charge in [0.25, 0.3) is 5.91 Å². The van der Waals surface area contributed by atoms with Gasteiger partial charge in [-0.05, 0) is 54.6 Å². The van der Waals surface area contributed by atoms with Crippen LogP contribution in [-0.2, 0) is 30.8 Å². The summed E-state index contributed by atoms with van der Waals surface area (Å²) in [5.74, 6) is -1.73. The third-order valence-corrected chi connectivity index (χ3v) is 8.38. The Morgan fingerprint density at radius 1 is 1.07 bits per heavy atom. The quantitative estimate of drug-likeness (QED) is 0.355. The van der Waals surface area contributed by atoms with Crippen LogP contribution in [-0.4, -0.2) is 70.4 Å². The lowest BCUT2D eigenvalue weighted by Crippen LogP contribution is -2.56. The maximum atomic E-state index is 14.3. The molecule has 1 aliphatic rings. The van der Waals surface area contributed by atoms with Crippen LogP contribution in [0, 0.1) is 0 Å². The SMILES string of the molecule is CCN[C@@H](C)C(=O)N[C@H]1CN(C(=O)CS(C)(=O)=O)c2ccccc2N(Cc2c(OC)ccc3c(Br)cccc23)C1=O.Cl. The van der Waals surface area contributed by atoms with Crippen molar-refractivity contribution in [3.8, 4) is 5.75 Å². The molecule has 0 aromatic heterocycles. The molecule has 0 saturated heterocycles. The fourth-order valence-corrected chi connectivity index (χ4v) is 6.07. The molecule has 3 amide bonds. The number of rotatable bonds is 9. The van der Waals surface area contributed by atoms with Gasteiger partial charge in [-0.15, -0.1) is 12.4 Å². The van der Waals surface area contributed by atoms with Gasteiger partial charge in [-0.25, -0.2) is 8.42 Å². The molecule has 0 saturated carbocycles. The van der Waals surface area contributed by atoms with Crippen LogP contribution < -0.4 is 25.2 Å². The van der Waals surface area contributed by atoms with Crippen molar-refractivity contribution >= 4 is 78.0 Å². The summed E-state index contributed by atoms with van der Waals surface area (Å²) < 4.78 is 30.7. The van der Waals surface area contributed by atoms with Crippen molar-refractivity contribution < 1.29 is 27.5 Å². The molecule has 2 atom stereocenters. The number of likely N-dealkylation sites (N-methyl/N-ethyl adjacent to an activating group) is 1. The molecule has 0 aliphatic carbocycles. The minimum absolute atomic E-state index is 0. The van der Waals surface area contributed by atoms with Crippen molar-refractivity contribution in [3.63, 3.8) is 0 Å². The molecule has 0 spiro atoms. The summed E-state index contributed by atoms with van der Waals surface area (Å²) in [6, 6.07) is 14.6. The molecule has 0 radical (unpaired) electrons. The molecular weight excluding hydrogens is 648 g/mol. The zero-order chi connectivity index (χ0) is 29.9. The molecule has 4 rings (SSSR count). The van der Waals surface area contributed by atoms with Crippen molar-refractivity contribution in [2.24, 2.45) is 0 Å². The number of carbonyl (C=O) groups is 3. The summed E-state index contributed by atoms with van der Waals surface area (Å²) >= 11 is 3.60. The van der Waals surface area contributed by atoms with Crippen molar-refractivity contribution in [2.45, 2.75) is 32.5 Å². The largest absolute Gasteiger partial charge is 0.496 e. The van der Waals surface area contributed by atoms with Gasteiger partial charge in [-0.3, -0.25) is 14.4 Å². The van der Waals surface area contributed by atoms with Crippen molar-refractivity contribution in [1.82, 2.24) is 10.6 Å². The average molecular weight is 682 g/mol. The number of nitrogens with one attached hydrogen (secondary N) is 2. The van der Waals surface area contributed by atoms with Crippen molar-refractivity contribution in [3.05, 3.63) is 64.6 Å². The molecule has 0 bridgehead atoms. The number of amides is 3. The maximum absolute atomic E-state index is 14.3. The first kappa shape index (κ1) is 33.3. The van der Waals surface area contributed by atoms with Gasteiger partial charge in [0, 0.05) is 16.3 Å². The number of halogens is 2. The molecular formula is C29H34BrClN4O6S. The maximum Gasteiger partial charge on any atom is 0.251 e. The first-order chi connectivity index (χ1) is 19.4. The lowest BCUT2D eigenvalue weighted by atomic mass is 10.0. The lowest BCUT2D eigenvalue weighted by Gasteiger charge is -2.27. The number of carbonyl (C=O) groups excluding carboxylic acids is 3. The summed E-state index contributed by atoms with van der Waals surface area (Å²) in [6.45, 7) is 3.91. The highest BCUT2D eigenvalue weighted by molar-refractivity contribution is 9.10. The van der Waals surface area contributed by atoms with Crippen LogP contribution in [0.3, 0.4) is 0 Å². The van der Waals surface area contributed by atoms with E-state index in [-0.39, 0.29) is 25.5 Å². The van der Waals surface area contributed by atoms with E-state index >= 15 is 0 Å². The van der Waals surface area contributed by atoms with E-state index in [2.05, 4.69) is 26.6 Å². The monoisotopic (exact) mass is 680 g/mol. The van der Waals surface area contributed by atoms with Gasteiger partial charge in [0.2, 0.25) is 11.8 Å². The Morgan fingerprint density at radius 2 is 1.76 bits per heavy atom. The van der Waals surface area contributed by atoms with E-state index in [0.717, 1.165) is 27.1 Å². The van der Waals surface area contributed by atoms with Crippen LogP contribution in [0.1, 0.15) is 19.4 Å². The highest BCUT2D eigenvalue weighted by atomic mass is 79.9. The van der Waals surface area contributed by atoms with E-state index in [1.54, 1.807) is 38.3 Å². The van der Waals surface area contributed by atoms with E-state index in [9.17, 15) is 22.8 Å². The average Bonchev–Trinajstić information content (AvgIpc) is 3.03. The minimum Gasteiger partial charge on any atom is -0.496 e. The van der Waals surface area contributed by atoms with Gasteiger partial charge in [0.05, 0.1) is 37.6 Å². The van der Waals surface area contributed by atoms with E-state index < -0.39 is 45.4 Å². The first-order valence-corrected chi connectivity index (χ1v) is 16.0. The van der Waals surface area contributed by atoms with Crippen LogP contribution in [0.25, 0.3) is 10.8 Å². The van der Waals surface area contributed by atoms with Crippen LogP contribution >= 0.6 is 28.3 Å². The molecule has 3 aromatic rings. The number of benzene rings is 3. The summed E-state index contributed by atoms with van der Waals surface area (Å²) in [4.78, 5) is 43.5. The number of anilines is 2. The van der Waals surface area contributed by atoms with Crippen LogP contribution in [0.5, 0.6) is 5.75 Å². The van der Waals surface area contributed by atoms with Crippen LogP contribution in [0.4, 0.5) is 11.4 Å². The molecule has 10 nitrogen and oxygen atoms in total. The predicted octanol–water partition coefficient (Wildman–Crippen LogP) is 3.44. The Hall–Kier alpha value is -3.19. The lowest BCUT2D eigenvalue weighted by molar-refractivity contribution is -0.128. The van der Waals surface area contributed by atoms with Gasteiger partial charge < -0.3 is 25.2 Å². The Balaban J connectivity index is 0.00000484. The fourth-order valence-electron chi connectivity index (χ4n) is 4.97. The topological polar surface area (TPSA) is 125 Å². The molecule has 2 N–H and O–H groups in total. The zero-order valence-corrected chi connectivity index (χ0v) is 26.9. The third kappa shape index (κ3) is 7.23. The van der Waals surface area contributed by atoms with Gasteiger partial charge in [-0.2, -0.15) is 0 Å². The van der Waals surface area contributed by atoms with E-state index in [0.29, 0.717) is 23.7 Å². The summed E-state index contributed by atoms with van der Waals surface area (Å²) in [7, 11) is -2.12. The molecule has 1 heterocycles. The molecule has 0 fully saturated rings. The smallest absolute Gasteiger partial charge is 0.251 e. The van der Waals surface area contributed by atoms with Crippen LogP contribution in [0.15, 0.2) is 59.1 Å². The molecule has 3 aromatic carbocycles. The second kappa shape index (κ2) is 13.9. The van der Waals surface area contributed by atoms with Crippen LogP contribution in [0.2, 0.25) is 0 Å². The second-order valence-corrected chi connectivity index (χ2v) is 12.9. The number of para-hydroxylation sites is 2. The number of sulfone groups is 1. The molecule has 42 heavy (non-hydrogen) atoms. The van der Waals surface area contributed by atoms with E-state index in [1.807, 2.05) is 37.3 Å². The Labute approximate surface area is 260 Å². The summed E-state index contributed by atoms with van der Waals surface area (Å²) in [5.41, 5.74) is 1.51. The highest BCUT2D eigenvalue weighted by Crippen LogP contribution is 2.38. The van der Waals surface area contributed by atoms with E-state index in [1.165, 1.54) is 9.80 Å². The second-order valence-electron chi connectivity index (χ2n) is 9.91. The third-order valence-electron chi connectivity index (χ3n) is 6.91. The molecule has 0 unspecified atom stereocenters. The number of methoxy groups -OCH3 is 1. The number of ether oxygens (including phenoxy) is 1. The first-order valence-electron chi connectivity index (χ1n) is 13.1. The summed E-state index contributed by atoms with van der Waals surface area (Å²) in [6.07, 6.45) is 0.981. The molecule has 226 valence electrons.